The molecule has 0 unspecified atom stereocenters. The van der Waals surface area contributed by atoms with Crippen LogP contribution >= 0.6 is 31.4 Å². The van der Waals surface area contributed by atoms with Crippen LogP contribution in [-0.2, 0) is 38.1 Å². The van der Waals surface area contributed by atoms with Crippen molar-refractivity contribution < 1.29 is 48.3 Å². The third-order valence-corrected chi connectivity index (χ3v) is 15.9. The molecule has 0 aromatic heterocycles. The zero-order valence-electron chi connectivity index (χ0n) is 28.3. The summed E-state index contributed by atoms with van der Waals surface area (Å²) < 4.78 is 23.3. The number of aliphatic hydroxyl groups is 2. The first kappa shape index (κ1) is 36.2. The molecule has 7 aliphatic heterocycles. The summed E-state index contributed by atoms with van der Waals surface area (Å²) in [7, 11) is 3.90. The van der Waals surface area contributed by atoms with Crippen LogP contribution in [0.3, 0.4) is 0 Å². The third-order valence-electron chi connectivity index (χ3n) is 10.9. The predicted octanol–water partition coefficient (Wildman–Crippen LogP) is 4.40. The lowest BCUT2D eigenvalue weighted by atomic mass is 9.91. The summed E-state index contributed by atoms with van der Waals surface area (Å²) in [6.45, 7) is 10.8. The van der Waals surface area contributed by atoms with Crippen LogP contribution in [0.25, 0.3) is 0 Å². The first-order valence-electron chi connectivity index (χ1n) is 16.8. The molecule has 2 N–H and O–H groups in total. The van der Waals surface area contributed by atoms with E-state index in [4.69, 9.17) is 18.9 Å². The molecule has 0 saturated carbocycles. The van der Waals surface area contributed by atoms with Crippen LogP contribution in [0.2, 0.25) is 0 Å². The number of fused-ring (bicyclic) bond motifs is 4. The highest BCUT2D eigenvalue weighted by Crippen LogP contribution is 2.69. The largest absolute Gasteiger partial charge is 0.473 e. The van der Waals surface area contributed by atoms with Crippen LogP contribution in [0.15, 0.2) is 48.3 Å². The number of esters is 2. The Morgan fingerprint density at radius 3 is 1.55 bits per heavy atom. The second-order valence-electron chi connectivity index (χ2n) is 13.8. The molecule has 2 bridgehead atoms. The van der Waals surface area contributed by atoms with Gasteiger partial charge in [0.1, 0.15) is 12.2 Å². The van der Waals surface area contributed by atoms with E-state index in [-0.39, 0.29) is 36.5 Å². The van der Waals surface area contributed by atoms with E-state index in [1.807, 2.05) is 27.7 Å². The van der Waals surface area contributed by atoms with Crippen molar-refractivity contribution in [3.05, 3.63) is 48.3 Å². The number of hydrogen-bond donors (Lipinski definition) is 2. The molecule has 268 valence electrons. The number of carbonyl (C=O) groups excluding carboxylic acids is 4. The average molecular weight is 737 g/mol. The summed E-state index contributed by atoms with van der Waals surface area (Å²) in [6.07, 6.45) is 6.75. The van der Waals surface area contributed by atoms with Gasteiger partial charge in [0.15, 0.2) is 9.74 Å². The van der Waals surface area contributed by atoms with Crippen molar-refractivity contribution in [1.82, 2.24) is 9.80 Å². The Balaban J connectivity index is 1.33. The molecule has 0 aromatic carbocycles. The third kappa shape index (κ3) is 5.81. The van der Waals surface area contributed by atoms with Crippen LogP contribution in [0.4, 0.5) is 0 Å². The maximum atomic E-state index is 15.0. The second kappa shape index (κ2) is 13.9. The van der Waals surface area contributed by atoms with Gasteiger partial charge in [-0.25, -0.2) is 0 Å². The van der Waals surface area contributed by atoms with E-state index >= 15 is 9.59 Å². The molecular formula is C34H44N2O10S3. The molecule has 2 amide bonds. The minimum absolute atomic E-state index is 0.120. The summed E-state index contributed by atoms with van der Waals surface area (Å²) >= 11 is 0. The molecule has 12 nitrogen and oxygen atoms in total. The van der Waals surface area contributed by atoms with E-state index in [0.717, 1.165) is 0 Å². The number of ether oxygens (including phenoxy) is 4. The van der Waals surface area contributed by atoms with Gasteiger partial charge >= 0.3 is 11.9 Å². The molecule has 7 rings (SSSR count). The van der Waals surface area contributed by atoms with Crippen molar-refractivity contribution in [3.8, 4) is 0 Å². The van der Waals surface area contributed by atoms with Crippen molar-refractivity contribution in [2.24, 2.45) is 23.7 Å². The van der Waals surface area contributed by atoms with Gasteiger partial charge in [-0.1, -0.05) is 40.5 Å². The van der Waals surface area contributed by atoms with Gasteiger partial charge in [-0.05, 0) is 80.4 Å². The summed E-state index contributed by atoms with van der Waals surface area (Å²) in [5.41, 5.74) is 1.23. The number of hydrogen-bond acceptors (Lipinski definition) is 13. The first-order valence-corrected chi connectivity index (χ1v) is 20.3. The highest BCUT2D eigenvalue weighted by atomic mass is 33.5. The van der Waals surface area contributed by atoms with Crippen molar-refractivity contribution in [3.63, 3.8) is 0 Å². The van der Waals surface area contributed by atoms with Crippen LogP contribution in [-0.4, -0.2) is 90.0 Å². The number of piperazine rings is 1. The van der Waals surface area contributed by atoms with E-state index < -0.39 is 70.0 Å². The zero-order chi connectivity index (χ0) is 35.4. The second-order valence-corrected chi connectivity index (χ2v) is 18.3. The number of nitrogens with zero attached hydrogens (tertiary/aromatic N) is 2. The molecule has 12 atom stereocenters. The number of rotatable bonds is 10. The Morgan fingerprint density at radius 2 is 1.18 bits per heavy atom. The smallest absolute Gasteiger partial charge is 0.311 e. The molecule has 2 spiro atoms. The lowest BCUT2D eigenvalue weighted by Crippen LogP contribution is -2.73. The molecule has 0 aromatic rings. The quantitative estimate of drug-likeness (QED) is 0.241. The van der Waals surface area contributed by atoms with Crippen molar-refractivity contribution in [2.75, 3.05) is 0 Å². The van der Waals surface area contributed by atoms with Crippen molar-refractivity contribution >= 4 is 55.2 Å². The summed E-state index contributed by atoms with van der Waals surface area (Å²) in [6, 6.07) is -1.66. The highest BCUT2D eigenvalue weighted by molar-refractivity contribution is 9.10. The molecule has 49 heavy (non-hydrogen) atoms. The maximum Gasteiger partial charge on any atom is 0.311 e. The monoisotopic (exact) mass is 736 g/mol. The van der Waals surface area contributed by atoms with Crippen molar-refractivity contribution in [2.45, 2.75) is 113 Å². The van der Waals surface area contributed by atoms with Gasteiger partial charge in [-0.2, -0.15) is 0 Å². The molecule has 5 saturated heterocycles. The highest BCUT2D eigenvalue weighted by Gasteiger charge is 2.76. The molecule has 15 heteroatoms. The van der Waals surface area contributed by atoms with Crippen molar-refractivity contribution in [1.29, 1.82) is 0 Å². The first-order chi connectivity index (χ1) is 23.3. The Bertz CT molecular complexity index is 1390. The minimum Gasteiger partial charge on any atom is -0.473 e. The fraction of sp³-hybridized carbons (Fsp3) is 0.647. The standard InChI is InChI=1S/C34H44N2O10S3/c1-7-17(3)27(37)19(5)29(39)45-23-9-11-43-15-21-13-33-32(42)36-26-22(14-34(36,48-49-47-33)31(41)35(33)25(21)23)16-44-12-10-24(26)46-30(40)20(6)28(38)18(4)8-2/h9-12,15-20,23-28,37-38H,7-8,13-14H2,1-6H3/t17-,18+,19-,20-,23+,24+,25+,26+,27-,28+,33-,34-/m1/s1. The fourth-order valence-electron chi connectivity index (χ4n) is 7.45. The Hall–Kier alpha value is -2.59. The SMILES string of the molecule is CC[C@@H](C)[C@@H](O)[C@@H](C)C(=O)O[C@H]1C=COC=C2C[C@@]34SSS[C@]5(CC6=COC=C[C@H](OC(=O)[C@H](C)[C@@H](O)[C@@H](C)CC)[C@H]6N5C3=O)C(=O)N4[C@@H]21. The van der Waals surface area contributed by atoms with Gasteiger partial charge in [0.25, 0.3) is 11.8 Å². The van der Waals surface area contributed by atoms with Crippen LogP contribution < -0.4 is 0 Å². The molecule has 0 aliphatic carbocycles. The van der Waals surface area contributed by atoms with E-state index in [1.54, 1.807) is 35.8 Å². The van der Waals surface area contributed by atoms with Gasteiger partial charge in [0.2, 0.25) is 0 Å². The molecule has 5 fully saturated rings. The molecule has 7 aliphatic rings. The lowest BCUT2D eigenvalue weighted by molar-refractivity contribution is -0.174. The van der Waals surface area contributed by atoms with Crippen LogP contribution in [0.1, 0.15) is 67.2 Å². The lowest BCUT2D eigenvalue weighted by Gasteiger charge is -2.51. The average Bonchev–Trinajstić information content (AvgIpc) is 3.33. The molecule has 0 radical (unpaired) electrons. The summed E-state index contributed by atoms with van der Waals surface area (Å²) in [5, 5.41) is 21.5. The fourth-order valence-corrected chi connectivity index (χ4v) is 13.4. The van der Waals surface area contributed by atoms with E-state index in [2.05, 4.69) is 0 Å². The van der Waals surface area contributed by atoms with Crippen LogP contribution in [0.5, 0.6) is 0 Å². The van der Waals surface area contributed by atoms with E-state index in [0.29, 0.717) is 24.0 Å². The van der Waals surface area contributed by atoms with Gasteiger partial charge in [-0.3, -0.25) is 19.2 Å². The van der Waals surface area contributed by atoms with Gasteiger partial charge in [0.05, 0.1) is 61.2 Å². The molecular weight excluding hydrogens is 693 g/mol. The summed E-state index contributed by atoms with van der Waals surface area (Å²) in [4.78, 5) is 57.2. The van der Waals surface area contributed by atoms with E-state index in [9.17, 15) is 19.8 Å². The number of carbonyl (C=O) groups is 4. The normalized spacial score (nSPS) is 34.9. The van der Waals surface area contributed by atoms with Gasteiger partial charge in [0, 0.05) is 12.8 Å². The number of amides is 2. The van der Waals surface area contributed by atoms with Gasteiger partial charge in [-0.15, -0.1) is 0 Å². The maximum absolute atomic E-state index is 15.0. The Kier molecular flexibility index (Phi) is 10.2. The Labute approximate surface area is 297 Å². The van der Waals surface area contributed by atoms with Crippen LogP contribution in [0, 0.1) is 23.7 Å². The Morgan fingerprint density at radius 1 is 0.796 bits per heavy atom. The molecule has 7 heterocycles. The topological polar surface area (TPSA) is 152 Å². The van der Waals surface area contributed by atoms with Gasteiger partial charge < -0.3 is 39.0 Å². The summed E-state index contributed by atoms with van der Waals surface area (Å²) in [5.74, 6) is -3.81. The minimum atomic E-state index is -1.41. The van der Waals surface area contributed by atoms with E-state index in [1.165, 1.54) is 56.5 Å². The predicted molar refractivity (Wildman–Crippen MR) is 184 cm³/mol. The number of aliphatic hydroxyl groups excluding tert-OH is 2. The zero-order valence-corrected chi connectivity index (χ0v) is 30.8.